The Morgan fingerprint density at radius 2 is 2.47 bits per heavy atom. The molecule has 4 nitrogen and oxygen atoms in total. The molecule has 1 unspecified atom stereocenters. The number of piperidine rings is 1. The van der Waals surface area contributed by atoms with Crippen molar-refractivity contribution >= 4 is 28.8 Å². The fourth-order valence-corrected chi connectivity index (χ4v) is 3.31. The zero-order valence-electron chi connectivity index (χ0n) is 9.47. The van der Waals surface area contributed by atoms with E-state index in [1.165, 1.54) is 4.88 Å². The van der Waals surface area contributed by atoms with Gasteiger partial charge in [0.1, 0.15) is 5.84 Å². The molecule has 17 heavy (non-hydrogen) atoms. The molecule has 0 bridgehead atoms. The van der Waals surface area contributed by atoms with Gasteiger partial charge >= 0.3 is 0 Å². The zero-order chi connectivity index (χ0) is 12.3. The van der Waals surface area contributed by atoms with Crippen LogP contribution in [0.2, 0.25) is 4.34 Å². The van der Waals surface area contributed by atoms with Crippen LogP contribution in [0.5, 0.6) is 0 Å². The average Bonchev–Trinajstić information content (AvgIpc) is 2.74. The van der Waals surface area contributed by atoms with Crippen molar-refractivity contribution in [3.63, 3.8) is 0 Å². The predicted octanol–water partition coefficient (Wildman–Crippen LogP) is 2.36. The standard InChI is InChI=1S/C11H16ClN3OS/c12-10-4-3-9(17-10)7-15-5-1-2-8(6-15)11(13)14-16/h3-4,8,16H,1-2,5-7H2,(H2,13,14). The maximum atomic E-state index is 8.70. The molecule has 94 valence electrons. The maximum Gasteiger partial charge on any atom is 0.143 e. The topological polar surface area (TPSA) is 61.9 Å². The van der Waals surface area contributed by atoms with E-state index in [1.54, 1.807) is 11.3 Å². The van der Waals surface area contributed by atoms with Gasteiger partial charge in [0.15, 0.2) is 0 Å². The number of amidine groups is 1. The third-order valence-electron chi connectivity index (χ3n) is 3.05. The summed E-state index contributed by atoms with van der Waals surface area (Å²) >= 11 is 7.52. The second-order valence-electron chi connectivity index (χ2n) is 4.30. The number of nitrogens with zero attached hydrogens (tertiary/aromatic N) is 2. The van der Waals surface area contributed by atoms with Gasteiger partial charge in [-0.2, -0.15) is 0 Å². The van der Waals surface area contributed by atoms with E-state index < -0.39 is 0 Å². The van der Waals surface area contributed by atoms with Gasteiger partial charge in [-0.05, 0) is 31.5 Å². The molecular formula is C11H16ClN3OS. The molecule has 2 rings (SSSR count). The summed E-state index contributed by atoms with van der Waals surface area (Å²) in [7, 11) is 0. The van der Waals surface area contributed by atoms with Crippen LogP contribution >= 0.6 is 22.9 Å². The maximum absolute atomic E-state index is 8.70. The van der Waals surface area contributed by atoms with Gasteiger partial charge in [0.25, 0.3) is 0 Å². The molecule has 1 saturated heterocycles. The van der Waals surface area contributed by atoms with Crippen LogP contribution in [0.15, 0.2) is 17.3 Å². The highest BCUT2D eigenvalue weighted by Gasteiger charge is 2.23. The molecule has 3 N–H and O–H groups in total. The molecule has 1 fully saturated rings. The number of rotatable bonds is 3. The van der Waals surface area contributed by atoms with Crippen LogP contribution in [-0.2, 0) is 6.54 Å². The Balaban J connectivity index is 1.93. The molecule has 1 aliphatic rings. The minimum atomic E-state index is 0.171. The largest absolute Gasteiger partial charge is 0.409 e. The first-order valence-electron chi connectivity index (χ1n) is 5.63. The molecular weight excluding hydrogens is 258 g/mol. The molecule has 0 radical (unpaired) electrons. The fourth-order valence-electron chi connectivity index (χ4n) is 2.18. The van der Waals surface area contributed by atoms with Gasteiger partial charge in [0.05, 0.1) is 4.34 Å². The monoisotopic (exact) mass is 273 g/mol. The molecule has 0 aliphatic carbocycles. The Bertz CT molecular complexity index is 407. The van der Waals surface area contributed by atoms with Crippen LogP contribution in [0.1, 0.15) is 17.7 Å². The number of likely N-dealkylation sites (tertiary alicyclic amines) is 1. The second kappa shape index (κ2) is 5.71. The Hall–Kier alpha value is -0.780. The Kier molecular flexibility index (Phi) is 4.25. The summed E-state index contributed by atoms with van der Waals surface area (Å²) in [6.45, 7) is 2.81. The number of oxime groups is 1. The Morgan fingerprint density at radius 3 is 3.12 bits per heavy atom. The Labute approximate surface area is 110 Å². The van der Waals surface area contributed by atoms with Gasteiger partial charge in [-0.25, -0.2) is 0 Å². The lowest BCUT2D eigenvalue weighted by molar-refractivity contribution is 0.194. The lowest BCUT2D eigenvalue weighted by Crippen LogP contribution is -2.40. The molecule has 0 amide bonds. The smallest absolute Gasteiger partial charge is 0.143 e. The first-order valence-corrected chi connectivity index (χ1v) is 6.82. The summed E-state index contributed by atoms with van der Waals surface area (Å²) in [5.41, 5.74) is 5.66. The van der Waals surface area contributed by atoms with Crippen LogP contribution in [-0.4, -0.2) is 29.0 Å². The fraction of sp³-hybridized carbons (Fsp3) is 0.545. The predicted molar refractivity (Wildman–Crippen MR) is 70.7 cm³/mol. The SMILES string of the molecule is NC(=NO)C1CCCN(Cc2ccc(Cl)s2)C1. The van der Waals surface area contributed by atoms with Crippen molar-refractivity contribution in [2.75, 3.05) is 13.1 Å². The summed E-state index contributed by atoms with van der Waals surface area (Å²) in [5.74, 6) is 0.517. The van der Waals surface area contributed by atoms with Gasteiger partial charge in [-0.15, -0.1) is 11.3 Å². The highest BCUT2D eigenvalue weighted by atomic mass is 35.5. The van der Waals surface area contributed by atoms with Gasteiger partial charge in [0, 0.05) is 23.9 Å². The van der Waals surface area contributed by atoms with E-state index in [0.717, 1.165) is 36.8 Å². The normalized spacial score (nSPS) is 22.9. The first kappa shape index (κ1) is 12.7. The second-order valence-corrected chi connectivity index (χ2v) is 6.10. The average molecular weight is 274 g/mol. The molecule has 0 aromatic carbocycles. The molecule has 1 aromatic heterocycles. The molecule has 6 heteroatoms. The van der Waals surface area contributed by atoms with Crippen molar-refractivity contribution < 1.29 is 5.21 Å². The lowest BCUT2D eigenvalue weighted by Gasteiger charge is -2.31. The van der Waals surface area contributed by atoms with Crippen LogP contribution in [0.4, 0.5) is 0 Å². The van der Waals surface area contributed by atoms with E-state index in [2.05, 4.69) is 16.1 Å². The highest BCUT2D eigenvalue weighted by molar-refractivity contribution is 7.16. The lowest BCUT2D eigenvalue weighted by atomic mass is 9.97. The van der Waals surface area contributed by atoms with Crippen LogP contribution in [0, 0.1) is 5.92 Å². The number of nitrogens with two attached hydrogens (primary N) is 1. The van der Waals surface area contributed by atoms with Crippen LogP contribution in [0.25, 0.3) is 0 Å². The Morgan fingerprint density at radius 1 is 1.65 bits per heavy atom. The van der Waals surface area contributed by atoms with Crippen LogP contribution < -0.4 is 5.73 Å². The van der Waals surface area contributed by atoms with Gasteiger partial charge in [0.2, 0.25) is 0 Å². The van der Waals surface area contributed by atoms with Crippen LogP contribution in [0.3, 0.4) is 0 Å². The van der Waals surface area contributed by atoms with Gasteiger partial charge in [-0.1, -0.05) is 16.8 Å². The van der Waals surface area contributed by atoms with Crippen molar-refractivity contribution in [1.82, 2.24) is 4.90 Å². The van der Waals surface area contributed by atoms with E-state index in [0.29, 0.717) is 5.84 Å². The number of hydrogen-bond donors (Lipinski definition) is 2. The zero-order valence-corrected chi connectivity index (χ0v) is 11.0. The third-order valence-corrected chi connectivity index (χ3v) is 4.26. The summed E-state index contributed by atoms with van der Waals surface area (Å²) in [4.78, 5) is 3.59. The minimum absolute atomic E-state index is 0.171. The van der Waals surface area contributed by atoms with E-state index in [1.807, 2.05) is 6.07 Å². The summed E-state index contributed by atoms with van der Waals surface area (Å²) in [6, 6.07) is 3.98. The number of thiophene rings is 1. The molecule has 0 saturated carbocycles. The van der Waals surface area contributed by atoms with Crippen molar-refractivity contribution in [2.45, 2.75) is 19.4 Å². The summed E-state index contributed by atoms with van der Waals surface area (Å²) in [5, 5.41) is 11.8. The highest BCUT2D eigenvalue weighted by Crippen LogP contribution is 2.25. The first-order chi connectivity index (χ1) is 8.19. The van der Waals surface area contributed by atoms with Crippen molar-refractivity contribution in [3.05, 3.63) is 21.3 Å². The van der Waals surface area contributed by atoms with E-state index in [9.17, 15) is 0 Å². The molecule has 0 spiro atoms. The van der Waals surface area contributed by atoms with Crippen molar-refractivity contribution in [2.24, 2.45) is 16.8 Å². The quantitative estimate of drug-likeness (QED) is 0.385. The molecule has 1 aromatic rings. The van der Waals surface area contributed by atoms with Gasteiger partial charge < -0.3 is 10.9 Å². The van der Waals surface area contributed by atoms with Crippen molar-refractivity contribution in [1.29, 1.82) is 0 Å². The van der Waals surface area contributed by atoms with Crippen molar-refractivity contribution in [3.8, 4) is 0 Å². The number of hydrogen-bond acceptors (Lipinski definition) is 4. The summed E-state index contributed by atoms with van der Waals surface area (Å²) in [6.07, 6.45) is 2.08. The molecule has 1 atom stereocenters. The third kappa shape index (κ3) is 3.34. The molecule has 1 aliphatic heterocycles. The van der Waals surface area contributed by atoms with E-state index >= 15 is 0 Å². The van der Waals surface area contributed by atoms with Gasteiger partial charge in [-0.3, -0.25) is 4.90 Å². The molecule has 2 heterocycles. The summed E-state index contributed by atoms with van der Waals surface area (Å²) < 4.78 is 0.824. The number of halogens is 1. The van der Waals surface area contributed by atoms with E-state index in [4.69, 9.17) is 22.5 Å². The minimum Gasteiger partial charge on any atom is -0.409 e. The van der Waals surface area contributed by atoms with E-state index in [-0.39, 0.29) is 5.92 Å².